The fourth-order valence-corrected chi connectivity index (χ4v) is 2.65. The molecular weight excluding hydrogens is 280 g/mol. The average Bonchev–Trinajstić information content (AvgIpc) is 3.16. The molecular formula is C16H18N4O2. The molecule has 22 heavy (non-hydrogen) atoms. The first-order chi connectivity index (χ1) is 10.7. The number of hydrogen-bond acceptors (Lipinski definition) is 4. The Bertz CT molecular complexity index is 773. The fraction of sp³-hybridized carbons (Fsp3) is 0.312. The lowest BCUT2D eigenvalue weighted by atomic mass is 10.2. The van der Waals surface area contributed by atoms with Crippen molar-refractivity contribution in [3.8, 4) is 11.6 Å². The molecule has 6 nitrogen and oxygen atoms in total. The number of likely N-dealkylation sites (N-methyl/N-ethyl adjacent to an activating group) is 1. The molecule has 0 aliphatic rings. The molecule has 0 saturated carbocycles. The highest BCUT2D eigenvalue weighted by molar-refractivity contribution is 5.88. The van der Waals surface area contributed by atoms with Crippen molar-refractivity contribution in [1.82, 2.24) is 19.7 Å². The summed E-state index contributed by atoms with van der Waals surface area (Å²) in [5.74, 6) is 0.496. The first-order valence-electron chi connectivity index (χ1n) is 7.37. The minimum Gasteiger partial charge on any atom is -0.422 e. The van der Waals surface area contributed by atoms with Crippen LogP contribution in [0.5, 0.6) is 0 Å². The summed E-state index contributed by atoms with van der Waals surface area (Å²) in [5, 5.41) is 8.75. The van der Waals surface area contributed by atoms with Gasteiger partial charge in [0.2, 0.25) is 12.3 Å². The van der Waals surface area contributed by atoms with Crippen LogP contribution in [-0.2, 0) is 11.3 Å². The van der Waals surface area contributed by atoms with Crippen LogP contribution in [0.2, 0.25) is 0 Å². The summed E-state index contributed by atoms with van der Waals surface area (Å²) in [6.07, 6.45) is 1.30. The van der Waals surface area contributed by atoms with Crippen molar-refractivity contribution in [2.75, 3.05) is 13.1 Å². The van der Waals surface area contributed by atoms with E-state index in [2.05, 4.69) is 10.2 Å². The number of aromatic nitrogens is 3. The van der Waals surface area contributed by atoms with Crippen LogP contribution in [0.4, 0.5) is 0 Å². The molecule has 1 aromatic carbocycles. The number of rotatable bonds is 5. The second kappa shape index (κ2) is 6.01. The van der Waals surface area contributed by atoms with Crippen molar-refractivity contribution in [3.05, 3.63) is 36.7 Å². The monoisotopic (exact) mass is 298 g/mol. The summed E-state index contributed by atoms with van der Waals surface area (Å²) in [6.45, 7) is 5.62. The Morgan fingerprint density at radius 3 is 2.73 bits per heavy atom. The standard InChI is InChI=1S/C16H18N4O2/c1-3-19(4-2)15(21)10-20-13-8-6-5-7-12(13)9-14(20)16-18-17-11-22-16/h5-9,11H,3-4,10H2,1-2H3. The van der Waals surface area contributed by atoms with Crippen LogP contribution >= 0.6 is 0 Å². The van der Waals surface area contributed by atoms with Gasteiger partial charge in [0, 0.05) is 24.0 Å². The zero-order chi connectivity index (χ0) is 15.5. The third-order valence-electron chi connectivity index (χ3n) is 3.80. The number of hydrogen-bond donors (Lipinski definition) is 0. The van der Waals surface area contributed by atoms with Gasteiger partial charge in [-0.05, 0) is 26.0 Å². The molecule has 0 radical (unpaired) electrons. The lowest BCUT2D eigenvalue weighted by molar-refractivity contribution is -0.131. The van der Waals surface area contributed by atoms with E-state index in [-0.39, 0.29) is 12.5 Å². The molecule has 3 rings (SSSR count). The van der Waals surface area contributed by atoms with E-state index in [1.807, 2.05) is 53.6 Å². The molecule has 2 aromatic heterocycles. The summed E-state index contributed by atoms with van der Waals surface area (Å²) in [5.41, 5.74) is 1.75. The van der Waals surface area contributed by atoms with E-state index >= 15 is 0 Å². The fourth-order valence-electron chi connectivity index (χ4n) is 2.65. The number of carbonyl (C=O) groups is 1. The van der Waals surface area contributed by atoms with E-state index in [1.54, 1.807) is 0 Å². The van der Waals surface area contributed by atoms with Gasteiger partial charge >= 0.3 is 0 Å². The minimum atomic E-state index is 0.0760. The van der Waals surface area contributed by atoms with E-state index < -0.39 is 0 Å². The zero-order valence-electron chi connectivity index (χ0n) is 12.7. The lowest BCUT2D eigenvalue weighted by Crippen LogP contribution is -2.33. The molecule has 0 unspecified atom stereocenters. The highest BCUT2D eigenvalue weighted by atomic mass is 16.4. The van der Waals surface area contributed by atoms with Crippen LogP contribution < -0.4 is 0 Å². The molecule has 6 heteroatoms. The molecule has 0 spiro atoms. The average molecular weight is 298 g/mol. The maximum Gasteiger partial charge on any atom is 0.264 e. The maximum absolute atomic E-state index is 12.5. The highest BCUT2D eigenvalue weighted by Crippen LogP contribution is 2.27. The van der Waals surface area contributed by atoms with Gasteiger partial charge in [-0.15, -0.1) is 10.2 Å². The highest BCUT2D eigenvalue weighted by Gasteiger charge is 2.18. The Balaban J connectivity index is 2.06. The van der Waals surface area contributed by atoms with Crippen LogP contribution in [0.1, 0.15) is 13.8 Å². The molecule has 114 valence electrons. The normalized spacial score (nSPS) is 11.0. The molecule has 0 fully saturated rings. The Morgan fingerprint density at radius 2 is 2.05 bits per heavy atom. The van der Waals surface area contributed by atoms with Gasteiger partial charge in [0.1, 0.15) is 12.2 Å². The largest absolute Gasteiger partial charge is 0.422 e. The lowest BCUT2D eigenvalue weighted by Gasteiger charge is -2.19. The molecule has 0 aliphatic carbocycles. The van der Waals surface area contributed by atoms with Crippen LogP contribution in [0.25, 0.3) is 22.5 Å². The van der Waals surface area contributed by atoms with Crippen LogP contribution in [-0.4, -0.2) is 38.7 Å². The van der Waals surface area contributed by atoms with E-state index in [1.165, 1.54) is 6.39 Å². The van der Waals surface area contributed by atoms with Crippen molar-refractivity contribution in [1.29, 1.82) is 0 Å². The summed E-state index contributed by atoms with van der Waals surface area (Å²) in [6, 6.07) is 9.89. The van der Waals surface area contributed by atoms with Crippen molar-refractivity contribution in [3.63, 3.8) is 0 Å². The van der Waals surface area contributed by atoms with E-state index in [0.717, 1.165) is 16.6 Å². The molecule has 3 aromatic rings. The summed E-state index contributed by atoms with van der Waals surface area (Å²) < 4.78 is 7.25. The first kappa shape index (κ1) is 14.3. The van der Waals surface area contributed by atoms with Gasteiger partial charge in [0.25, 0.3) is 5.89 Å². The van der Waals surface area contributed by atoms with Crippen molar-refractivity contribution in [2.24, 2.45) is 0 Å². The van der Waals surface area contributed by atoms with Crippen LogP contribution in [0, 0.1) is 0 Å². The third kappa shape index (κ3) is 2.47. The number of carbonyl (C=O) groups excluding carboxylic acids is 1. The third-order valence-corrected chi connectivity index (χ3v) is 3.80. The molecule has 0 saturated heterocycles. The molecule has 0 bridgehead atoms. The van der Waals surface area contributed by atoms with Crippen LogP contribution in [0.15, 0.2) is 41.1 Å². The Hall–Kier alpha value is -2.63. The molecule has 2 heterocycles. The predicted molar refractivity (Wildman–Crippen MR) is 83.2 cm³/mol. The second-order valence-electron chi connectivity index (χ2n) is 4.98. The number of para-hydroxylation sites is 1. The topological polar surface area (TPSA) is 64.2 Å². The van der Waals surface area contributed by atoms with E-state index in [0.29, 0.717) is 19.0 Å². The van der Waals surface area contributed by atoms with Gasteiger partial charge < -0.3 is 13.9 Å². The van der Waals surface area contributed by atoms with Gasteiger partial charge in [-0.2, -0.15) is 0 Å². The molecule has 0 aliphatic heterocycles. The zero-order valence-corrected chi connectivity index (χ0v) is 12.7. The quantitative estimate of drug-likeness (QED) is 0.726. The summed E-state index contributed by atoms with van der Waals surface area (Å²) in [7, 11) is 0. The van der Waals surface area contributed by atoms with Crippen molar-refractivity contribution >= 4 is 16.8 Å². The van der Waals surface area contributed by atoms with Gasteiger partial charge in [-0.1, -0.05) is 18.2 Å². The van der Waals surface area contributed by atoms with Gasteiger partial charge in [0.05, 0.1) is 0 Å². The Labute approximate surface area is 128 Å². The number of amides is 1. The number of fused-ring (bicyclic) bond motifs is 1. The van der Waals surface area contributed by atoms with Gasteiger partial charge in [0.15, 0.2) is 0 Å². The predicted octanol–water partition coefficient (Wildman–Crippen LogP) is 2.56. The smallest absolute Gasteiger partial charge is 0.264 e. The van der Waals surface area contributed by atoms with Crippen molar-refractivity contribution in [2.45, 2.75) is 20.4 Å². The van der Waals surface area contributed by atoms with Gasteiger partial charge in [-0.25, -0.2) is 0 Å². The Kier molecular flexibility index (Phi) is 3.91. The van der Waals surface area contributed by atoms with Crippen LogP contribution in [0.3, 0.4) is 0 Å². The minimum absolute atomic E-state index is 0.0760. The Morgan fingerprint density at radius 1 is 1.27 bits per heavy atom. The van der Waals surface area contributed by atoms with Crippen molar-refractivity contribution < 1.29 is 9.21 Å². The maximum atomic E-state index is 12.5. The molecule has 1 amide bonds. The SMILES string of the molecule is CCN(CC)C(=O)Cn1c(-c2nnco2)cc2ccccc21. The second-order valence-corrected chi connectivity index (χ2v) is 4.98. The van der Waals surface area contributed by atoms with E-state index in [9.17, 15) is 4.79 Å². The summed E-state index contributed by atoms with van der Waals surface area (Å²) >= 11 is 0. The summed E-state index contributed by atoms with van der Waals surface area (Å²) in [4.78, 5) is 14.3. The first-order valence-corrected chi connectivity index (χ1v) is 7.37. The number of benzene rings is 1. The van der Waals surface area contributed by atoms with Gasteiger partial charge in [-0.3, -0.25) is 4.79 Å². The molecule has 0 N–H and O–H groups in total. The number of nitrogens with zero attached hydrogens (tertiary/aromatic N) is 4. The molecule has 0 atom stereocenters. The van der Waals surface area contributed by atoms with E-state index in [4.69, 9.17) is 4.42 Å².